The smallest absolute Gasteiger partial charge is 0.218 e. The first-order valence-electron chi connectivity index (χ1n) is 3.61. The second kappa shape index (κ2) is 3.90. The molecule has 0 aliphatic carbocycles. The standard InChI is InChI=1S/C8H4F3NO2S/c9-6-3-5(4-12)1-2-7(6)15(13,14)8(10)11/h1-3,8H. The first-order chi connectivity index (χ1) is 6.89. The molecule has 0 radical (unpaired) electrons. The number of hydrogen-bond acceptors (Lipinski definition) is 3. The number of halogens is 3. The van der Waals surface area contributed by atoms with Gasteiger partial charge in [-0.15, -0.1) is 0 Å². The lowest BCUT2D eigenvalue weighted by molar-refractivity contribution is 0.234. The molecule has 0 atom stereocenters. The van der Waals surface area contributed by atoms with E-state index in [4.69, 9.17) is 5.26 Å². The highest BCUT2D eigenvalue weighted by molar-refractivity contribution is 7.91. The summed E-state index contributed by atoms with van der Waals surface area (Å²) in [4.78, 5) is -1.10. The van der Waals surface area contributed by atoms with Crippen molar-refractivity contribution in [1.29, 1.82) is 5.26 Å². The van der Waals surface area contributed by atoms with E-state index in [-0.39, 0.29) is 5.56 Å². The van der Waals surface area contributed by atoms with Gasteiger partial charge in [0.2, 0.25) is 9.84 Å². The minimum absolute atomic E-state index is 0.138. The van der Waals surface area contributed by atoms with Gasteiger partial charge < -0.3 is 0 Å². The molecule has 0 aliphatic heterocycles. The van der Waals surface area contributed by atoms with Crippen LogP contribution in [0.3, 0.4) is 0 Å². The number of nitrogens with zero attached hydrogens (tertiary/aromatic N) is 1. The molecule has 3 nitrogen and oxygen atoms in total. The van der Waals surface area contributed by atoms with E-state index in [1.54, 1.807) is 6.07 Å². The van der Waals surface area contributed by atoms with Crippen molar-refractivity contribution in [3.8, 4) is 6.07 Å². The van der Waals surface area contributed by atoms with Crippen molar-refractivity contribution in [2.24, 2.45) is 0 Å². The van der Waals surface area contributed by atoms with Crippen LogP contribution >= 0.6 is 0 Å². The third-order valence-corrected chi connectivity index (χ3v) is 3.02. The van der Waals surface area contributed by atoms with Crippen LogP contribution in [0, 0.1) is 17.1 Å². The van der Waals surface area contributed by atoms with E-state index in [2.05, 4.69) is 0 Å². The Hall–Kier alpha value is -1.55. The quantitative estimate of drug-likeness (QED) is 0.783. The first kappa shape index (κ1) is 11.5. The maximum atomic E-state index is 13.0. The molecule has 0 aromatic heterocycles. The van der Waals surface area contributed by atoms with Gasteiger partial charge in [-0.1, -0.05) is 0 Å². The molecule has 0 saturated heterocycles. The summed E-state index contributed by atoms with van der Waals surface area (Å²) in [5, 5.41) is 8.35. The van der Waals surface area contributed by atoms with Crippen LogP contribution in [0.4, 0.5) is 13.2 Å². The van der Waals surface area contributed by atoms with Gasteiger partial charge in [0, 0.05) is 0 Å². The van der Waals surface area contributed by atoms with Crippen LogP contribution in [0.15, 0.2) is 23.1 Å². The monoisotopic (exact) mass is 235 g/mol. The van der Waals surface area contributed by atoms with E-state index in [0.717, 1.165) is 6.07 Å². The molecule has 0 bridgehead atoms. The molecule has 0 N–H and O–H groups in total. The van der Waals surface area contributed by atoms with Crippen molar-refractivity contribution in [3.05, 3.63) is 29.6 Å². The zero-order valence-corrected chi connectivity index (χ0v) is 7.93. The van der Waals surface area contributed by atoms with Crippen molar-refractivity contribution >= 4 is 9.84 Å². The van der Waals surface area contributed by atoms with E-state index < -0.39 is 26.3 Å². The first-order valence-corrected chi connectivity index (χ1v) is 5.16. The van der Waals surface area contributed by atoms with Gasteiger partial charge in [0.1, 0.15) is 10.7 Å². The highest BCUT2D eigenvalue weighted by atomic mass is 32.2. The minimum Gasteiger partial charge on any atom is -0.218 e. The Kier molecular flexibility index (Phi) is 3.00. The Labute approximate surface area is 83.7 Å². The van der Waals surface area contributed by atoms with Gasteiger partial charge in [-0.2, -0.15) is 14.0 Å². The zero-order valence-electron chi connectivity index (χ0n) is 7.12. The predicted molar refractivity (Wildman–Crippen MR) is 44.3 cm³/mol. The number of sulfone groups is 1. The van der Waals surface area contributed by atoms with E-state index in [0.29, 0.717) is 12.1 Å². The summed E-state index contributed by atoms with van der Waals surface area (Å²) in [6.45, 7) is 0. The van der Waals surface area contributed by atoms with Crippen LogP contribution in [0.1, 0.15) is 5.56 Å². The fraction of sp³-hybridized carbons (Fsp3) is 0.125. The highest BCUT2D eigenvalue weighted by Crippen LogP contribution is 2.21. The Bertz CT molecular complexity index is 519. The van der Waals surface area contributed by atoms with Gasteiger partial charge in [-0.3, -0.25) is 0 Å². The van der Waals surface area contributed by atoms with Gasteiger partial charge in [0.25, 0.3) is 0 Å². The summed E-state index contributed by atoms with van der Waals surface area (Å²) < 4.78 is 58.9. The molecule has 1 rings (SSSR count). The lowest BCUT2D eigenvalue weighted by atomic mass is 10.2. The number of hydrogen-bond donors (Lipinski definition) is 0. The molecule has 0 heterocycles. The van der Waals surface area contributed by atoms with Crippen LogP contribution in [0.5, 0.6) is 0 Å². The zero-order chi connectivity index (χ0) is 11.6. The van der Waals surface area contributed by atoms with E-state index >= 15 is 0 Å². The summed E-state index contributed by atoms with van der Waals surface area (Å²) in [5.74, 6) is -5.03. The van der Waals surface area contributed by atoms with Gasteiger partial charge in [0.15, 0.2) is 0 Å². The topological polar surface area (TPSA) is 57.9 Å². The molecule has 1 aromatic rings. The van der Waals surface area contributed by atoms with Crippen molar-refractivity contribution < 1.29 is 21.6 Å². The van der Waals surface area contributed by atoms with Crippen LogP contribution in [0.2, 0.25) is 0 Å². The Morgan fingerprint density at radius 1 is 1.33 bits per heavy atom. The summed E-state index contributed by atoms with van der Waals surface area (Å²) in [5.41, 5.74) is -0.138. The SMILES string of the molecule is N#Cc1ccc(S(=O)(=O)C(F)F)c(F)c1. The van der Waals surface area contributed by atoms with Crippen LogP contribution in [0.25, 0.3) is 0 Å². The van der Waals surface area contributed by atoms with Gasteiger partial charge in [-0.05, 0) is 18.2 Å². The second-order valence-corrected chi connectivity index (χ2v) is 4.45. The summed E-state index contributed by atoms with van der Waals surface area (Å²) in [6, 6.07) is 3.75. The highest BCUT2D eigenvalue weighted by Gasteiger charge is 2.29. The molecular weight excluding hydrogens is 231 g/mol. The summed E-state index contributed by atoms with van der Waals surface area (Å²) in [7, 11) is -4.95. The van der Waals surface area contributed by atoms with Crippen LogP contribution in [-0.4, -0.2) is 14.2 Å². The molecule has 0 aliphatic rings. The fourth-order valence-electron chi connectivity index (χ4n) is 0.897. The molecule has 15 heavy (non-hydrogen) atoms. The minimum atomic E-state index is -4.95. The van der Waals surface area contributed by atoms with Gasteiger partial charge in [-0.25, -0.2) is 12.8 Å². The molecule has 7 heteroatoms. The second-order valence-electron chi connectivity index (χ2n) is 2.56. The van der Waals surface area contributed by atoms with Gasteiger partial charge >= 0.3 is 5.76 Å². The number of benzene rings is 1. The number of nitriles is 1. The summed E-state index contributed by atoms with van der Waals surface area (Å²) >= 11 is 0. The van der Waals surface area contributed by atoms with Crippen molar-refractivity contribution in [2.45, 2.75) is 10.7 Å². The largest absolute Gasteiger partial charge is 0.341 e. The maximum Gasteiger partial charge on any atom is 0.341 e. The van der Waals surface area contributed by atoms with E-state index in [1.807, 2.05) is 0 Å². The lowest BCUT2D eigenvalue weighted by Crippen LogP contribution is -2.13. The van der Waals surface area contributed by atoms with Crippen molar-refractivity contribution in [3.63, 3.8) is 0 Å². The van der Waals surface area contributed by atoms with Crippen LogP contribution < -0.4 is 0 Å². The fourth-order valence-corrected chi connectivity index (χ4v) is 1.68. The molecule has 0 amide bonds. The average molecular weight is 235 g/mol. The summed E-state index contributed by atoms with van der Waals surface area (Å²) in [6.07, 6.45) is 0. The number of rotatable bonds is 2. The van der Waals surface area contributed by atoms with Gasteiger partial charge in [0.05, 0.1) is 11.6 Å². The Morgan fingerprint density at radius 3 is 2.33 bits per heavy atom. The Morgan fingerprint density at radius 2 is 1.93 bits per heavy atom. The molecule has 1 aromatic carbocycles. The predicted octanol–water partition coefficient (Wildman–Crippen LogP) is 1.69. The third-order valence-electron chi connectivity index (χ3n) is 1.60. The van der Waals surface area contributed by atoms with E-state index in [1.165, 1.54) is 0 Å². The molecule has 0 fully saturated rings. The molecule has 0 saturated carbocycles. The Balaban J connectivity index is 3.37. The van der Waals surface area contributed by atoms with E-state index in [9.17, 15) is 21.6 Å². The van der Waals surface area contributed by atoms with Crippen molar-refractivity contribution in [1.82, 2.24) is 0 Å². The number of alkyl halides is 2. The maximum absolute atomic E-state index is 13.0. The van der Waals surface area contributed by atoms with Crippen molar-refractivity contribution in [2.75, 3.05) is 0 Å². The molecule has 0 spiro atoms. The molecule has 80 valence electrons. The normalized spacial score (nSPS) is 11.4. The van der Waals surface area contributed by atoms with Crippen LogP contribution in [-0.2, 0) is 9.84 Å². The lowest BCUT2D eigenvalue weighted by Gasteiger charge is -2.03. The molecule has 0 unspecified atom stereocenters. The average Bonchev–Trinajstić information content (AvgIpc) is 2.16. The molecular formula is C8H4F3NO2S. The third kappa shape index (κ3) is 2.10.